The van der Waals surface area contributed by atoms with Crippen molar-refractivity contribution in [3.05, 3.63) is 11.5 Å². The number of carboxylic acid groups (broad SMARTS) is 1. The van der Waals surface area contributed by atoms with Crippen LogP contribution in [0.15, 0.2) is 11.5 Å². The molecule has 0 aromatic carbocycles. The number of carbonyl (C=O) groups excluding carboxylic acids is 2. The van der Waals surface area contributed by atoms with Crippen molar-refractivity contribution in [1.82, 2.24) is 9.80 Å². The SMILES string of the molecule is CC(C)(C)OC(=O)N1CCC2C(OS(C)(=O)=O)=C(C(=O)O)N3C(=O)[C@@H]1[C@@H]23. The highest BCUT2D eigenvalue weighted by molar-refractivity contribution is 7.86. The van der Waals surface area contributed by atoms with Crippen molar-refractivity contribution in [3.63, 3.8) is 0 Å². The fraction of sp³-hybridized carbons (Fsp3) is 0.667. The number of nitrogens with zero attached hydrogens (tertiary/aromatic N) is 2. The van der Waals surface area contributed by atoms with Gasteiger partial charge in [0.05, 0.1) is 12.3 Å². The Labute approximate surface area is 150 Å². The normalized spacial score (nSPS) is 27.8. The molecule has 0 aliphatic carbocycles. The summed E-state index contributed by atoms with van der Waals surface area (Å²) in [7, 11) is -3.97. The summed E-state index contributed by atoms with van der Waals surface area (Å²) in [5, 5.41) is 9.44. The molecule has 1 unspecified atom stereocenters. The summed E-state index contributed by atoms with van der Waals surface area (Å²) in [6.07, 6.45) is 0.402. The summed E-state index contributed by atoms with van der Waals surface area (Å²) >= 11 is 0. The van der Waals surface area contributed by atoms with Crippen LogP contribution in [0.5, 0.6) is 0 Å². The summed E-state index contributed by atoms with van der Waals surface area (Å²) in [6, 6.07) is -1.55. The fourth-order valence-electron chi connectivity index (χ4n) is 3.64. The van der Waals surface area contributed by atoms with Crippen LogP contribution in [-0.4, -0.2) is 71.8 Å². The molecule has 11 heteroatoms. The number of aliphatic carboxylic acids is 1. The van der Waals surface area contributed by atoms with E-state index < -0.39 is 57.4 Å². The molecule has 0 bridgehead atoms. The van der Waals surface area contributed by atoms with Gasteiger partial charge in [-0.2, -0.15) is 8.42 Å². The first kappa shape index (κ1) is 18.5. The Morgan fingerprint density at radius 1 is 1.27 bits per heavy atom. The van der Waals surface area contributed by atoms with Crippen LogP contribution in [0.3, 0.4) is 0 Å². The van der Waals surface area contributed by atoms with Crippen LogP contribution in [0.4, 0.5) is 4.79 Å². The smallest absolute Gasteiger partial charge is 0.411 e. The molecule has 0 aromatic heterocycles. The van der Waals surface area contributed by atoms with Crippen molar-refractivity contribution in [2.24, 2.45) is 5.92 Å². The van der Waals surface area contributed by atoms with E-state index in [-0.39, 0.29) is 18.7 Å². The molecule has 3 heterocycles. The standard InChI is InChI=1S/C15H20N2O8S/c1-15(2,3)24-14(21)16-6-5-7-8-9(16)12(18)17(8)10(13(19)20)11(7)25-26(4,22)23/h7-9H,5-6H2,1-4H3,(H,19,20)/t7?,8-,9+/m1/s1. The van der Waals surface area contributed by atoms with E-state index in [4.69, 9.17) is 8.92 Å². The van der Waals surface area contributed by atoms with Crippen molar-refractivity contribution in [3.8, 4) is 0 Å². The number of likely N-dealkylation sites (tertiary alicyclic amines) is 1. The first-order valence-electron chi connectivity index (χ1n) is 8.01. The predicted octanol–water partition coefficient (Wildman–Crippen LogP) is 0.109. The predicted molar refractivity (Wildman–Crippen MR) is 86.1 cm³/mol. The highest BCUT2D eigenvalue weighted by atomic mass is 32.2. The van der Waals surface area contributed by atoms with Crippen molar-refractivity contribution in [2.45, 2.75) is 44.9 Å². The van der Waals surface area contributed by atoms with Crippen LogP contribution < -0.4 is 0 Å². The molecule has 26 heavy (non-hydrogen) atoms. The zero-order valence-corrected chi connectivity index (χ0v) is 15.6. The van der Waals surface area contributed by atoms with Gasteiger partial charge in [0, 0.05) is 12.5 Å². The zero-order chi connectivity index (χ0) is 19.6. The molecule has 10 nitrogen and oxygen atoms in total. The number of carbonyl (C=O) groups is 3. The zero-order valence-electron chi connectivity index (χ0n) is 14.8. The largest absolute Gasteiger partial charge is 0.476 e. The molecule has 0 spiro atoms. The average molecular weight is 388 g/mol. The van der Waals surface area contributed by atoms with Crippen LogP contribution >= 0.6 is 0 Å². The molecule has 0 radical (unpaired) electrons. The molecule has 144 valence electrons. The van der Waals surface area contributed by atoms with Gasteiger partial charge in [0.15, 0.2) is 11.5 Å². The van der Waals surface area contributed by atoms with Crippen molar-refractivity contribution < 1.29 is 36.8 Å². The monoisotopic (exact) mass is 388 g/mol. The summed E-state index contributed by atoms with van der Waals surface area (Å²) in [5.41, 5.74) is -1.22. The Hall–Kier alpha value is -2.30. The van der Waals surface area contributed by atoms with Gasteiger partial charge in [0.25, 0.3) is 5.91 Å². The fourth-order valence-corrected chi connectivity index (χ4v) is 4.17. The van der Waals surface area contributed by atoms with Gasteiger partial charge >= 0.3 is 22.2 Å². The van der Waals surface area contributed by atoms with Gasteiger partial charge in [-0.05, 0) is 27.2 Å². The topological polar surface area (TPSA) is 131 Å². The van der Waals surface area contributed by atoms with Crippen LogP contribution in [0, 0.1) is 5.92 Å². The molecule has 2 fully saturated rings. The van der Waals surface area contributed by atoms with Gasteiger partial charge in [-0.1, -0.05) is 0 Å². The molecule has 2 amide bonds. The number of hydrogen-bond donors (Lipinski definition) is 1. The minimum atomic E-state index is -3.97. The maximum atomic E-state index is 12.5. The minimum absolute atomic E-state index is 0.129. The Morgan fingerprint density at radius 3 is 2.38 bits per heavy atom. The first-order chi connectivity index (χ1) is 11.8. The van der Waals surface area contributed by atoms with Crippen LogP contribution in [0.2, 0.25) is 0 Å². The van der Waals surface area contributed by atoms with E-state index in [1.165, 1.54) is 4.90 Å². The second-order valence-corrected chi connectivity index (χ2v) is 9.09. The molecular formula is C15H20N2O8S. The number of carboxylic acids is 1. The van der Waals surface area contributed by atoms with Crippen LogP contribution in [0.25, 0.3) is 0 Å². The number of β-lactam (4-membered cyclic amide) rings is 1. The summed E-state index contributed by atoms with van der Waals surface area (Å²) in [6.45, 7) is 5.22. The third-order valence-corrected chi connectivity index (χ3v) is 4.91. The number of hydrogen-bond acceptors (Lipinski definition) is 7. The van der Waals surface area contributed by atoms with Gasteiger partial charge in [0.2, 0.25) is 0 Å². The maximum Gasteiger partial charge on any atom is 0.411 e. The minimum Gasteiger partial charge on any atom is -0.476 e. The molecule has 3 aliphatic heterocycles. The molecule has 3 aliphatic rings. The Bertz CT molecular complexity index is 825. The Kier molecular flexibility index (Phi) is 3.98. The van der Waals surface area contributed by atoms with Crippen molar-refractivity contribution in [2.75, 3.05) is 12.8 Å². The van der Waals surface area contributed by atoms with E-state index in [0.717, 1.165) is 11.2 Å². The summed E-state index contributed by atoms with van der Waals surface area (Å²) < 4.78 is 33.3. The Balaban J connectivity index is 1.92. The second-order valence-electron chi connectivity index (χ2n) is 7.52. The lowest BCUT2D eigenvalue weighted by Gasteiger charge is -2.52. The first-order valence-corrected chi connectivity index (χ1v) is 9.83. The molecule has 0 saturated carbocycles. The van der Waals surface area contributed by atoms with E-state index in [1.54, 1.807) is 20.8 Å². The molecular weight excluding hydrogens is 368 g/mol. The molecule has 3 rings (SSSR count). The third-order valence-electron chi connectivity index (χ3n) is 4.42. The maximum absolute atomic E-state index is 12.5. The van der Waals surface area contributed by atoms with Gasteiger partial charge < -0.3 is 14.0 Å². The molecule has 3 atom stereocenters. The highest BCUT2D eigenvalue weighted by Crippen LogP contribution is 2.49. The van der Waals surface area contributed by atoms with E-state index in [9.17, 15) is 27.9 Å². The van der Waals surface area contributed by atoms with Crippen LogP contribution in [-0.2, 0) is 28.6 Å². The van der Waals surface area contributed by atoms with Crippen LogP contribution in [0.1, 0.15) is 27.2 Å². The second kappa shape index (κ2) is 5.60. The summed E-state index contributed by atoms with van der Waals surface area (Å²) in [4.78, 5) is 38.8. The molecule has 1 N–H and O–H groups in total. The van der Waals surface area contributed by atoms with Crippen molar-refractivity contribution >= 4 is 28.1 Å². The number of piperidine rings is 1. The quantitative estimate of drug-likeness (QED) is 0.532. The van der Waals surface area contributed by atoms with E-state index in [1.807, 2.05) is 0 Å². The third kappa shape index (κ3) is 2.89. The lowest BCUT2D eigenvalue weighted by molar-refractivity contribution is -0.162. The summed E-state index contributed by atoms with van der Waals surface area (Å²) in [5.74, 6) is -2.88. The van der Waals surface area contributed by atoms with Gasteiger partial charge in [-0.3, -0.25) is 14.6 Å². The molecule has 2 saturated heterocycles. The Morgan fingerprint density at radius 2 is 1.88 bits per heavy atom. The van der Waals surface area contributed by atoms with Gasteiger partial charge in [-0.25, -0.2) is 9.59 Å². The average Bonchev–Trinajstić information content (AvgIpc) is 2.75. The van der Waals surface area contributed by atoms with E-state index >= 15 is 0 Å². The van der Waals surface area contributed by atoms with Gasteiger partial charge in [-0.15, -0.1) is 0 Å². The molecule has 0 aromatic rings. The van der Waals surface area contributed by atoms with E-state index in [2.05, 4.69) is 0 Å². The number of amides is 2. The lowest BCUT2D eigenvalue weighted by atomic mass is 9.80. The van der Waals surface area contributed by atoms with Crippen molar-refractivity contribution in [1.29, 1.82) is 0 Å². The number of rotatable bonds is 3. The van der Waals surface area contributed by atoms with Gasteiger partial charge in [0.1, 0.15) is 11.6 Å². The lowest BCUT2D eigenvalue weighted by Crippen LogP contribution is -2.73. The highest BCUT2D eigenvalue weighted by Gasteiger charge is 2.66. The van der Waals surface area contributed by atoms with E-state index in [0.29, 0.717) is 0 Å². The number of ether oxygens (including phenoxy) is 1.